The van der Waals surface area contributed by atoms with Crippen LogP contribution in [0.5, 0.6) is 5.75 Å². The molecule has 1 aliphatic rings. The number of aromatic nitrogens is 1. The lowest BCUT2D eigenvalue weighted by Crippen LogP contribution is -2.38. The molecule has 2 amide bonds. The summed E-state index contributed by atoms with van der Waals surface area (Å²) in [5, 5.41) is 2.23. The van der Waals surface area contributed by atoms with Gasteiger partial charge < -0.3 is 9.15 Å². The topological polar surface area (TPSA) is 82.9 Å². The number of rotatable bonds is 4. The van der Waals surface area contributed by atoms with Crippen molar-refractivity contribution in [1.82, 2.24) is 21.1 Å². The summed E-state index contributed by atoms with van der Waals surface area (Å²) in [7, 11) is 2.97. The highest BCUT2D eigenvalue weighted by atomic mass is 19.1. The van der Waals surface area contributed by atoms with Crippen LogP contribution in [-0.4, -0.2) is 30.2 Å². The molecule has 0 aliphatic carbocycles. The van der Waals surface area contributed by atoms with Crippen molar-refractivity contribution >= 4 is 23.9 Å². The van der Waals surface area contributed by atoms with E-state index in [1.54, 1.807) is 12.2 Å². The fourth-order valence-electron chi connectivity index (χ4n) is 2.12. The molecular weight excluding hydrogens is 305 g/mol. The number of anilines is 1. The van der Waals surface area contributed by atoms with Crippen LogP contribution in [0.2, 0.25) is 0 Å². The average molecular weight is 319 g/mol. The molecule has 1 fully saturated rings. The van der Waals surface area contributed by atoms with E-state index in [1.165, 1.54) is 43.8 Å². The maximum atomic E-state index is 14.4. The first kappa shape index (κ1) is 15.0. The predicted molar refractivity (Wildman–Crippen MR) is 80.3 cm³/mol. The smallest absolute Gasteiger partial charge is 0.355 e. The van der Waals surface area contributed by atoms with Gasteiger partial charge in [-0.15, -0.1) is 11.1 Å². The van der Waals surface area contributed by atoms with Gasteiger partial charge in [-0.1, -0.05) is 0 Å². The van der Waals surface area contributed by atoms with Crippen molar-refractivity contribution in [3.63, 3.8) is 0 Å². The third-order valence-electron chi connectivity index (χ3n) is 3.22. The van der Waals surface area contributed by atoms with Gasteiger partial charge in [0.05, 0.1) is 13.3 Å². The van der Waals surface area contributed by atoms with Crippen LogP contribution in [0.25, 0.3) is 12.2 Å². The van der Waals surface area contributed by atoms with E-state index < -0.39 is 11.8 Å². The number of carbonyl (C=O) groups is 1. The lowest BCUT2D eigenvalue weighted by Gasteiger charge is -2.19. The quantitative estimate of drug-likeness (QED) is 0.894. The summed E-state index contributed by atoms with van der Waals surface area (Å²) in [6.45, 7) is 0. The molecule has 2 N–H and O–H groups in total. The van der Waals surface area contributed by atoms with Crippen LogP contribution in [0.1, 0.15) is 11.5 Å². The number of halogens is 1. The van der Waals surface area contributed by atoms with Crippen molar-refractivity contribution < 1.29 is 18.3 Å². The highest BCUT2D eigenvalue weighted by Gasteiger charge is 2.31. The number of hydrazine groups is 3. The van der Waals surface area contributed by atoms with Crippen LogP contribution in [0.15, 0.2) is 29.0 Å². The lowest BCUT2D eigenvalue weighted by molar-refractivity contribution is 0.214. The zero-order valence-corrected chi connectivity index (χ0v) is 12.4. The Bertz CT molecular complexity index is 747. The SMILES string of the molecule is COc1ccc(F)c(N2NNN(C)C2=O)c1/C=C/c1ncco1. The molecule has 1 aromatic carbocycles. The molecule has 0 atom stereocenters. The number of ether oxygens (including phenoxy) is 1. The standard InChI is InChI=1S/C14H14FN5O3/c1-19-14(21)20(18-17-19)13-9(3-6-12-16-7-8-23-12)11(22-2)5-4-10(13)15/h3-8,17-18H,1-2H3/b6-3+. The van der Waals surface area contributed by atoms with Crippen molar-refractivity contribution in [2.45, 2.75) is 0 Å². The molecule has 9 heteroatoms. The highest BCUT2D eigenvalue weighted by molar-refractivity contribution is 5.96. The number of hydrogen-bond donors (Lipinski definition) is 2. The summed E-state index contributed by atoms with van der Waals surface area (Å²) < 4.78 is 24.8. The molecule has 0 bridgehead atoms. The zero-order chi connectivity index (χ0) is 16.4. The normalized spacial score (nSPS) is 15.0. The van der Waals surface area contributed by atoms with E-state index in [4.69, 9.17) is 9.15 Å². The molecule has 1 saturated heterocycles. The Morgan fingerprint density at radius 1 is 1.35 bits per heavy atom. The van der Waals surface area contributed by atoms with Crippen LogP contribution in [0.4, 0.5) is 14.9 Å². The molecule has 8 nitrogen and oxygen atoms in total. The summed E-state index contributed by atoms with van der Waals surface area (Å²) in [6.07, 6.45) is 6.04. The van der Waals surface area contributed by atoms with Gasteiger partial charge >= 0.3 is 6.03 Å². The van der Waals surface area contributed by atoms with Gasteiger partial charge in [-0.3, -0.25) is 0 Å². The second-order valence-electron chi connectivity index (χ2n) is 4.62. The van der Waals surface area contributed by atoms with E-state index in [0.717, 1.165) is 5.01 Å². The van der Waals surface area contributed by atoms with E-state index in [-0.39, 0.29) is 5.69 Å². The average Bonchev–Trinajstić information content (AvgIpc) is 3.17. The van der Waals surface area contributed by atoms with Crippen LogP contribution in [0.3, 0.4) is 0 Å². The van der Waals surface area contributed by atoms with Gasteiger partial charge in [0.15, 0.2) is 0 Å². The number of amides is 2. The molecule has 0 saturated carbocycles. The van der Waals surface area contributed by atoms with Crippen molar-refractivity contribution in [3.05, 3.63) is 41.9 Å². The minimum Gasteiger partial charge on any atom is -0.496 e. The Balaban J connectivity index is 2.08. The zero-order valence-electron chi connectivity index (χ0n) is 12.4. The number of hydrogen-bond acceptors (Lipinski definition) is 6. The Morgan fingerprint density at radius 2 is 2.17 bits per heavy atom. The van der Waals surface area contributed by atoms with Crippen molar-refractivity contribution in [2.75, 3.05) is 19.2 Å². The first-order chi connectivity index (χ1) is 11.1. The molecule has 1 aliphatic heterocycles. The first-order valence-electron chi connectivity index (χ1n) is 6.65. The molecule has 2 heterocycles. The van der Waals surface area contributed by atoms with Crippen molar-refractivity contribution in [3.8, 4) is 5.75 Å². The van der Waals surface area contributed by atoms with Gasteiger partial charge in [0.1, 0.15) is 23.5 Å². The molecular formula is C14H14FN5O3. The van der Waals surface area contributed by atoms with Gasteiger partial charge in [0, 0.05) is 18.7 Å². The van der Waals surface area contributed by atoms with Crippen molar-refractivity contribution in [2.24, 2.45) is 0 Å². The number of benzene rings is 1. The van der Waals surface area contributed by atoms with Gasteiger partial charge in [-0.05, 0) is 18.2 Å². The summed E-state index contributed by atoms with van der Waals surface area (Å²) in [6, 6.07) is 2.23. The number of carbonyl (C=O) groups excluding carboxylic acids is 1. The number of oxazole rings is 1. The maximum Gasteiger partial charge on any atom is 0.355 e. The van der Waals surface area contributed by atoms with Gasteiger partial charge in [0.25, 0.3) is 0 Å². The summed E-state index contributed by atoms with van der Waals surface area (Å²) >= 11 is 0. The lowest BCUT2D eigenvalue weighted by atomic mass is 10.1. The van der Waals surface area contributed by atoms with Gasteiger partial charge in [-0.25, -0.2) is 24.2 Å². The molecule has 120 valence electrons. The monoisotopic (exact) mass is 319 g/mol. The second-order valence-corrected chi connectivity index (χ2v) is 4.62. The number of nitrogens with one attached hydrogen (secondary N) is 2. The van der Waals surface area contributed by atoms with Crippen LogP contribution >= 0.6 is 0 Å². The predicted octanol–water partition coefficient (Wildman–Crippen LogP) is 1.79. The Labute approximate surface area is 131 Å². The highest BCUT2D eigenvalue weighted by Crippen LogP contribution is 2.34. The van der Waals surface area contributed by atoms with Crippen molar-refractivity contribution in [1.29, 1.82) is 0 Å². The fourth-order valence-corrected chi connectivity index (χ4v) is 2.12. The number of methoxy groups -OCH3 is 1. The number of urea groups is 1. The fraction of sp³-hybridized carbons (Fsp3) is 0.143. The van der Waals surface area contributed by atoms with E-state index in [0.29, 0.717) is 17.2 Å². The Morgan fingerprint density at radius 3 is 2.78 bits per heavy atom. The van der Waals surface area contributed by atoms with E-state index >= 15 is 0 Å². The molecule has 0 radical (unpaired) electrons. The largest absolute Gasteiger partial charge is 0.496 e. The number of nitrogens with zero attached hydrogens (tertiary/aromatic N) is 3. The molecule has 23 heavy (non-hydrogen) atoms. The molecule has 1 aromatic heterocycles. The van der Waals surface area contributed by atoms with E-state index in [2.05, 4.69) is 16.1 Å². The minimum atomic E-state index is -0.587. The third kappa shape index (κ3) is 2.74. The molecule has 2 aromatic rings. The van der Waals surface area contributed by atoms with E-state index in [1.807, 2.05) is 0 Å². The Hall–Kier alpha value is -2.91. The first-order valence-corrected chi connectivity index (χ1v) is 6.65. The molecule has 3 rings (SSSR count). The van der Waals surface area contributed by atoms with E-state index in [9.17, 15) is 9.18 Å². The van der Waals surface area contributed by atoms with Gasteiger partial charge in [-0.2, -0.15) is 0 Å². The molecule has 0 unspecified atom stereocenters. The Kier molecular flexibility index (Phi) is 3.96. The second kappa shape index (κ2) is 6.07. The third-order valence-corrected chi connectivity index (χ3v) is 3.22. The minimum absolute atomic E-state index is 0.0222. The molecule has 0 spiro atoms. The summed E-state index contributed by atoms with van der Waals surface area (Å²) in [4.78, 5) is 16.1. The summed E-state index contributed by atoms with van der Waals surface area (Å²) in [5.74, 6) is 0.155. The van der Waals surface area contributed by atoms with Gasteiger partial charge in [0.2, 0.25) is 5.89 Å². The van der Waals surface area contributed by atoms with Crippen LogP contribution in [0, 0.1) is 5.82 Å². The summed E-state index contributed by atoms with van der Waals surface area (Å²) in [5.41, 5.74) is 5.55. The maximum absolute atomic E-state index is 14.4. The van der Waals surface area contributed by atoms with Crippen LogP contribution < -0.4 is 20.8 Å². The van der Waals surface area contributed by atoms with Crippen LogP contribution in [-0.2, 0) is 0 Å².